The van der Waals surface area contributed by atoms with Crippen LogP contribution in [0.4, 0.5) is 0 Å². The fourth-order valence-corrected chi connectivity index (χ4v) is 1.44. The van der Waals surface area contributed by atoms with Gasteiger partial charge in [0.2, 0.25) is 0 Å². The van der Waals surface area contributed by atoms with Crippen LogP contribution < -0.4 is 0 Å². The molecule has 0 aliphatic carbocycles. The highest BCUT2D eigenvalue weighted by molar-refractivity contribution is 6.03. The standard InChI is InChI=1S/C12H20O5/c1-4-16-11(14)12(2,3)10(13)8-17-9-5-6-15-7-9/h9H,4-8H2,1-3H3. The van der Waals surface area contributed by atoms with Gasteiger partial charge in [0.25, 0.3) is 0 Å². The maximum Gasteiger partial charge on any atom is 0.319 e. The predicted molar refractivity (Wildman–Crippen MR) is 60.6 cm³/mol. The molecule has 5 nitrogen and oxygen atoms in total. The molecule has 17 heavy (non-hydrogen) atoms. The molecule has 5 heteroatoms. The molecule has 0 aromatic rings. The molecule has 0 saturated carbocycles. The van der Waals surface area contributed by atoms with Crippen LogP contribution in [0.5, 0.6) is 0 Å². The van der Waals surface area contributed by atoms with Crippen LogP contribution in [0.25, 0.3) is 0 Å². The summed E-state index contributed by atoms with van der Waals surface area (Å²) in [6.45, 7) is 6.22. The summed E-state index contributed by atoms with van der Waals surface area (Å²) < 4.78 is 15.4. The molecule has 1 aliphatic heterocycles. The molecule has 0 amide bonds. The van der Waals surface area contributed by atoms with Gasteiger partial charge in [-0.1, -0.05) is 0 Å². The zero-order valence-corrected chi connectivity index (χ0v) is 10.7. The summed E-state index contributed by atoms with van der Waals surface area (Å²) in [5, 5.41) is 0. The molecule has 0 bridgehead atoms. The topological polar surface area (TPSA) is 61.8 Å². The lowest BCUT2D eigenvalue weighted by Gasteiger charge is -2.21. The third kappa shape index (κ3) is 3.78. The summed E-state index contributed by atoms with van der Waals surface area (Å²) in [6, 6.07) is 0. The van der Waals surface area contributed by atoms with Gasteiger partial charge < -0.3 is 14.2 Å². The van der Waals surface area contributed by atoms with Crippen molar-refractivity contribution in [3.8, 4) is 0 Å². The Morgan fingerprint density at radius 2 is 2.12 bits per heavy atom. The molecule has 1 saturated heterocycles. The Balaban J connectivity index is 2.41. The van der Waals surface area contributed by atoms with E-state index in [1.54, 1.807) is 20.8 Å². The molecule has 1 heterocycles. The molecule has 1 fully saturated rings. The minimum atomic E-state index is -1.14. The van der Waals surface area contributed by atoms with Gasteiger partial charge in [0, 0.05) is 6.61 Å². The average Bonchev–Trinajstić information content (AvgIpc) is 2.78. The number of hydrogen-bond donors (Lipinski definition) is 0. The zero-order chi connectivity index (χ0) is 12.9. The maximum atomic E-state index is 11.9. The number of esters is 1. The molecule has 1 atom stereocenters. The Bertz CT molecular complexity index is 279. The summed E-state index contributed by atoms with van der Waals surface area (Å²) in [7, 11) is 0. The van der Waals surface area contributed by atoms with Crippen LogP contribution in [-0.4, -0.2) is 44.3 Å². The van der Waals surface area contributed by atoms with Crippen molar-refractivity contribution in [1.29, 1.82) is 0 Å². The Morgan fingerprint density at radius 1 is 1.41 bits per heavy atom. The Labute approximate surface area is 101 Å². The van der Waals surface area contributed by atoms with Gasteiger partial charge in [0.15, 0.2) is 5.78 Å². The number of Topliss-reactive ketones (excluding diaryl/α,β-unsaturated/α-hetero) is 1. The number of ketones is 1. The summed E-state index contributed by atoms with van der Waals surface area (Å²) in [5.41, 5.74) is -1.14. The van der Waals surface area contributed by atoms with Crippen molar-refractivity contribution in [3.63, 3.8) is 0 Å². The van der Waals surface area contributed by atoms with Crippen LogP contribution in [0.2, 0.25) is 0 Å². The van der Waals surface area contributed by atoms with Gasteiger partial charge in [-0.25, -0.2) is 0 Å². The van der Waals surface area contributed by atoms with E-state index in [1.165, 1.54) is 0 Å². The minimum Gasteiger partial charge on any atom is -0.465 e. The molecule has 98 valence electrons. The molecular weight excluding hydrogens is 224 g/mol. The van der Waals surface area contributed by atoms with E-state index in [-0.39, 0.29) is 25.1 Å². The van der Waals surface area contributed by atoms with E-state index in [4.69, 9.17) is 14.2 Å². The fraction of sp³-hybridized carbons (Fsp3) is 0.833. The molecule has 1 unspecified atom stereocenters. The number of hydrogen-bond acceptors (Lipinski definition) is 5. The summed E-state index contributed by atoms with van der Waals surface area (Å²) in [5.74, 6) is -0.765. The lowest BCUT2D eigenvalue weighted by Crippen LogP contribution is -2.38. The van der Waals surface area contributed by atoms with E-state index in [0.717, 1.165) is 6.42 Å². The van der Waals surface area contributed by atoms with E-state index in [0.29, 0.717) is 13.2 Å². The van der Waals surface area contributed by atoms with E-state index in [2.05, 4.69) is 0 Å². The third-order valence-electron chi connectivity index (χ3n) is 2.82. The fourth-order valence-electron chi connectivity index (χ4n) is 1.44. The van der Waals surface area contributed by atoms with Crippen LogP contribution in [0, 0.1) is 5.41 Å². The molecule has 0 N–H and O–H groups in total. The van der Waals surface area contributed by atoms with Crippen LogP contribution >= 0.6 is 0 Å². The lowest BCUT2D eigenvalue weighted by atomic mass is 9.88. The summed E-state index contributed by atoms with van der Waals surface area (Å²) in [4.78, 5) is 23.5. The first-order valence-corrected chi connectivity index (χ1v) is 5.88. The van der Waals surface area contributed by atoms with E-state index in [1.807, 2.05) is 0 Å². The third-order valence-corrected chi connectivity index (χ3v) is 2.82. The second-order valence-electron chi connectivity index (χ2n) is 4.57. The quantitative estimate of drug-likeness (QED) is 0.514. The zero-order valence-electron chi connectivity index (χ0n) is 10.7. The van der Waals surface area contributed by atoms with Gasteiger partial charge in [0.05, 0.1) is 19.3 Å². The maximum absolute atomic E-state index is 11.9. The van der Waals surface area contributed by atoms with Crippen molar-refractivity contribution < 1.29 is 23.8 Å². The minimum absolute atomic E-state index is 0.0306. The normalized spacial score (nSPS) is 20.3. The number of carbonyl (C=O) groups is 2. The van der Waals surface area contributed by atoms with Gasteiger partial charge >= 0.3 is 5.97 Å². The van der Waals surface area contributed by atoms with Gasteiger partial charge in [-0.05, 0) is 27.2 Å². The second kappa shape index (κ2) is 6.12. The highest BCUT2D eigenvalue weighted by atomic mass is 16.5. The first kappa shape index (κ1) is 14.1. The summed E-state index contributed by atoms with van der Waals surface area (Å²) in [6.07, 6.45) is 0.768. The highest BCUT2D eigenvalue weighted by Crippen LogP contribution is 2.20. The van der Waals surface area contributed by atoms with Crippen LogP contribution in [0.15, 0.2) is 0 Å². The molecule has 0 aromatic carbocycles. The van der Waals surface area contributed by atoms with Gasteiger partial charge in [0.1, 0.15) is 12.0 Å². The first-order chi connectivity index (χ1) is 7.98. The second-order valence-corrected chi connectivity index (χ2v) is 4.57. The monoisotopic (exact) mass is 244 g/mol. The van der Waals surface area contributed by atoms with E-state index >= 15 is 0 Å². The van der Waals surface area contributed by atoms with Gasteiger partial charge in [-0.2, -0.15) is 0 Å². The largest absolute Gasteiger partial charge is 0.465 e. The van der Waals surface area contributed by atoms with Crippen LogP contribution in [0.3, 0.4) is 0 Å². The summed E-state index contributed by atoms with van der Waals surface area (Å²) >= 11 is 0. The van der Waals surface area contributed by atoms with Crippen LogP contribution in [0.1, 0.15) is 27.2 Å². The molecule has 0 radical (unpaired) electrons. The van der Waals surface area contributed by atoms with Gasteiger partial charge in [-0.3, -0.25) is 9.59 Å². The first-order valence-electron chi connectivity index (χ1n) is 5.88. The van der Waals surface area contributed by atoms with Gasteiger partial charge in [-0.15, -0.1) is 0 Å². The number of rotatable bonds is 6. The smallest absolute Gasteiger partial charge is 0.319 e. The van der Waals surface area contributed by atoms with Crippen molar-refractivity contribution in [2.24, 2.45) is 5.41 Å². The molecule has 0 spiro atoms. The van der Waals surface area contributed by atoms with E-state index < -0.39 is 11.4 Å². The van der Waals surface area contributed by atoms with E-state index in [9.17, 15) is 9.59 Å². The van der Waals surface area contributed by atoms with Crippen molar-refractivity contribution in [2.45, 2.75) is 33.3 Å². The number of carbonyl (C=O) groups excluding carboxylic acids is 2. The number of ether oxygens (including phenoxy) is 3. The Hall–Kier alpha value is -0.940. The molecule has 1 rings (SSSR count). The predicted octanol–water partition coefficient (Wildman–Crippen LogP) is 0.950. The lowest BCUT2D eigenvalue weighted by molar-refractivity contribution is -0.159. The highest BCUT2D eigenvalue weighted by Gasteiger charge is 2.37. The Kier molecular flexibility index (Phi) is 5.08. The van der Waals surface area contributed by atoms with Crippen LogP contribution in [-0.2, 0) is 23.8 Å². The SMILES string of the molecule is CCOC(=O)C(C)(C)C(=O)COC1CCOC1. The molecule has 1 aliphatic rings. The molecular formula is C12H20O5. The van der Waals surface area contributed by atoms with Crippen molar-refractivity contribution in [3.05, 3.63) is 0 Å². The molecule has 0 aromatic heterocycles. The van der Waals surface area contributed by atoms with Crippen molar-refractivity contribution >= 4 is 11.8 Å². The Morgan fingerprint density at radius 3 is 2.65 bits per heavy atom. The van der Waals surface area contributed by atoms with Crippen molar-refractivity contribution in [1.82, 2.24) is 0 Å². The average molecular weight is 244 g/mol. The van der Waals surface area contributed by atoms with Crippen molar-refractivity contribution in [2.75, 3.05) is 26.4 Å².